The molecule has 9 nitrogen and oxygen atoms in total. The number of hydrogen-bond donors (Lipinski definition) is 1. The molecular weight excluding hydrogens is 682 g/mol. The highest BCUT2D eigenvalue weighted by Gasteiger charge is 2.36. The molecule has 2 amide bonds. The lowest BCUT2D eigenvalue weighted by Crippen LogP contribution is -2.56. The van der Waals surface area contributed by atoms with Crippen LogP contribution < -0.4 is 19.1 Å². The van der Waals surface area contributed by atoms with Crippen molar-refractivity contribution in [3.63, 3.8) is 0 Å². The highest BCUT2D eigenvalue weighted by atomic mass is 79.9. The van der Waals surface area contributed by atoms with E-state index in [1.165, 1.54) is 31.3 Å². The molecule has 0 aliphatic heterocycles. The minimum absolute atomic E-state index is 0.0399. The fourth-order valence-corrected chi connectivity index (χ4v) is 6.93. The van der Waals surface area contributed by atoms with Crippen molar-refractivity contribution >= 4 is 43.5 Å². The Balaban J connectivity index is 1.85. The van der Waals surface area contributed by atoms with E-state index in [1.807, 2.05) is 75.4 Å². The average Bonchev–Trinajstić information content (AvgIpc) is 3.04. The second-order valence-corrected chi connectivity index (χ2v) is 14.7. The van der Waals surface area contributed by atoms with Gasteiger partial charge < -0.3 is 19.7 Å². The lowest BCUT2D eigenvalue weighted by molar-refractivity contribution is -0.140. The first kappa shape index (κ1) is 35.5. The summed E-state index contributed by atoms with van der Waals surface area (Å²) in [7, 11) is -1.38. The third-order valence-electron chi connectivity index (χ3n) is 7.29. The van der Waals surface area contributed by atoms with E-state index in [2.05, 4.69) is 21.2 Å². The van der Waals surface area contributed by atoms with E-state index in [0.717, 1.165) is 19.9 Å². The molecule has 1 atom stereocenters. The van der Waals surface area contributed by atoms with Crippen LogP contribution in [0.1, 0.15) is 31.9 Å². The SMILES string of the molecule is COc1ccc(S(=O)(=O)N(CC(=O)N(Cc2cccc(Br)c2)[C@H](Cc2ccccc2)C(=O)NC(C)(C)C)c2ccccc2OC)cc1. The van der Waals surface area contributed by atoms with Gasteiger partial charge in [-0.25, -0.2) is 8.42 Å². The molecule has 4 aromatic carbocycles. The van der Waals surface area contributed by atoms with Crippen molar-refractivity contribution in [3.05, 3.63) is 119 Å². The van der Waals surface area contributed by atoms with Crippen LogP contribution in [0.2, 0.25) is 0 Å². The fourth-order valence-electron chi connectivity index (χ4n) is 5.06. The van der Waals surface area contributed by atoms with Gasteiger partial charge in [-0.3, -0.25) is 13.9 Å². The minimum atomic E-state index is -4.31. The van der Waals surface area contributed by atoms with Gasteiger partial charge in [0.2, 0.25) is 11.8 Å². The molecule has 0 unspecified atom stereocenters. The number of sulfonamides is 1. The van der Waals surface area contributed by atoms with Crippen LogP contribution in [0.25, 0.3) is 0 Å². The second kappa shape index (κ2) is 15.5. The molecule has 47 heavy (non-hydrogen) atoms. The van der Waals surface area contributed by atoms with E-state index in [0.29, 0.717) is 5.75 Å². The van der Waals surface area contributed by atoms with Crippen molar-refractivity contribution < 1.29 is 27.5 Å². The van der Waals surface area contributed by atoms with Crippen LogP contribution in [0.15, 0.2) is 112 Å². The van der Waals surface area contributed by atoms with E-state index in [9.17, 15) is 18.0 Å². The summed E-state index contributed by atoms with van der Waals surface area (Å²) in [6.45, 7) is 5.06. The molecular formula is C36H40BrN3O6S. The summed E-state index contributed by atoms with van der Waals surface area (Å²) in [6.07, 6.45) is 0.211. The number of para-hydroxylation sites is 2. The average molecular weight is 723 g/mol. The summed E-state index contributed by atoms with van der Waals surface area (Å²) in [5.41, 5.74) is 1.20. The second-order valence-electron chi connectivity index (χ2n) is 12.0. The van der Waals surface area contributed by atoms with E-state index >= 15 is 0 Å². The molecule has 0 saturated heterocycles. The molecule has 4 aromatic rings. The molecule has 0 radical (unpaired) electrons. The van der Waals surface area contributed by atoms with Gasteiger partial charge in [-0.05, 0) is 80.4 Å². The van der Waals surface area contributed by atoms with Crippen LogP contribution in [-0.4, -0.2) is 57.5 Å². The Morgan fingerprint density at radius 2 is 1.47 bits per heavy atom. The number of carbonyl (C=O) groups excluding carboxylic acids is 2. The molecule has 11 heteroatoms. The molecule has 0 saturated carbocycles. The number of rotatable bonds is 13. The number of nitrogens with zero attached hydrogens (tertiary/aromatic N) is 2. The van der Waals surface area contributed by atoms with Crippen molar-refractivity contribution in [1.29, 1.82) is 0 Å². The van der Waals surface area contributed by atoms with E-state index in [4.69, 9.17) is 9.47 Å². The van der Waals surface area contributed by atoms with Crippen LogP contribution in [0, 0.1) is 0 Å². The third-order valence-corrected chi connectivity index (χ3v) is 9.56. The maximum Gasteiger partial charge on any atom is 0.264 e. The predicted molar refractivity (Wildman–Crippen MR) is 187 cm³/mol. The number of carbonyl (C=O) groups is 2. The summed E-state index contributed by atoms with van der Waals surface area (Å²) >= 11 is 3.50. The van der Waals surface area contributed by atoms with Gasteiger partial charge in [0.25, 0.3) is 10.0 Å². The standard InChI is InChI=1S/C36H40BrN3O6S/c1-36(2,3)38-35(42)32(23-26-12-7-6-8-13-26)39(24-27-14-11-15-28(37)22-27)34(41)25-40(31-16-9-10-17-33(31)46-5)47(43,44)30-20-18-29(45-4)19-21-30/h6-22,32H,23-25H2,1-5H3,(H,38,42)/t32-/m1/s1. The number of benzene rings is 4. The van der Waals surface area contributed by atoms with Crippen LogP contribution in [-0.2, 0) is 32.6 Å². The number of nitrogens with one attached hydrogen (secondary N) is 1. The first-order chi connectivity index (χ1) is 22.3. The van der Waals surface area contributed by atoms with Crippen LogP contribution in [0.3, 0.4) is 0 Å². The zero-order valence-corrected chi connectivity index (χ0v) is 29.5. The molecule has 4 rings (SSSR count). The Morgan fingerprint density at radius 1 is 0.830 bits per heavy atom. The Labute approximate surface area is 285 Å². The fraction of sp³-hybridized carbons (Fsp3) is 0.278. The van der Waals surface area contributed by atoms with Crippen molar-refractivity contribution in [2.75, 3.05) is 25.1 Å². The van der Waals surface area contributed by atoms with Gasteiger partial charge in [-0.1, -0.05) is 70.5 Å². The van der Waals surface area contributed by atoms with Crippen molar-refractivity contribution in [1.82, 2.24) is 10.2 Å². The summed E-state index contributed by atoms with van der Waals surface area (Å²) in [4.78, 5) is 30.1. The van der Waals surface area contributed by atoms with Crippen LogP contribution in [0.4, 0.5) is 5.69 Å². The summed E-state index contributed by atoms with van der Waals surface area (Å²) in [6, 6.07) is 28.4. The number of halogens is 1. The monoisotopic (exact) mass is 721 g/mol. The summed E-state index contributed by atoms with van der Waals surface area (Å²) in [5.74, 6) is -0.176. The van der Waals surface area contributed by atoms with E-state index in [-0.39, 0.29) is 35.2 Å². The molecule has 0 spiro atoms. The molecule has 0 heterocycles. The maximum atomic E-state index is 14.7. The topological polar surface area (TPSA) is 105 Å². The lowest BCUT2D eigenvalue weighted by Gasteiger charge is -2.35. The largest absolute Gasteiger partial charge is 0.497 e. The highest BCUT2D eigenvalue weighted by molar-refractivity contribution is 9.10. The molecule has 0 fully saturated rings. The zero-order valence-electron chi connectivity index (χ0n) is 27.1. The Kier molecular flexibility index (Phi) is 11.7. The molecule has 248 valence electrons. The van der Waals surface area contributed by atoms with Gasteiger partial charge in [-0.2, -0.15) is 0 Å². The molecule has 0 aliphatic rings. The molecule has 1 N–H and O–H groups in total. The Hall–Kier alpha value is -4.35. The first-order valence-corrected chi connectivity index (χ1v) is 17.3. The van der Waals surface area contributed by atoms with Crippen LogP contribution >= 0.6 is 15.9 Å². The molecule has 0 aromatic heterocycles. The predicted octanol–water partition coefficient (Wildman–Crippen LogP) is 6.22. The van der Waals surface area contributed by atoms with Gasteiger partial charge in [0, 0.05) is 23.0 Å². The van der Waals surface area contributed by atoms with E-state index < -0.39 is 34.1 Å². The Bertz CT molecular complexity index is 1780. The molecule has 0 bridgehead atoms. The van der Waals surface area contributed by atoms with Gasteiger partial charge in [-0.15, -0.1) is 0 Å². The summed E-state index contributed by atoms with van der Waals surface area (Å²) < 4.78 is 41.2. The van der Waals surface area contributed by atoms with Crippen molar-refractivity contribution in [3.8, 4) is 11.5 Å². The number of methoxy groups -OCH3 is 2. The zero-order chi connectivity index (χ0) is 34.2. The van der Waals surface area contributed by atoms with Crippen molar-refractivity contribution in [2.24, 2.45) is 0 Å². The van der Waals surface area contributed by atoms with Gasteiger partial charge >= 0.3 is 0 Å². The Morgan fingerprint density at radius 3 is 2.09 bits per heavy atom. The normalized spacial score (nSPS) is 12.1. The first-order valence-electron chi connectivity index (χ1n) is 15.0. The third kappa shape index (κ3) is 9.36. The highest BCUT2D eigenvalue weighted by Crippen LogP contribution is 2.33. The van der Waals surface area contributed by atoms with Crippen LogP contribution in [0.5, 0.6) is 11.5 Å². The number of amides is 2. The van der Waals surface area contributed by atoms with Gasteiger partial charge in [0.05, 0.1) is 24.8 Å². The number of ether oxygens (including phenoxy) is 2. The van der Waals surface area contributed by atoms with Gasteiger partial charge in [0.1, 0.15) is 24.1 Å². The number of anilines is 1. The van der Waals surface area contributed by atoms with Crippen molar-refractivity contribution in [2.45, 2.75) is 50.2 Å². The lowest BCUT2D eigenvalue weighted by atomic mass is 10.0. The van der Waals surface area contributed by atoms with E-state index in [1.54, 1.807) is 36.4 Å². The molecule has 0 aliphatic carbocycles. The quantitative estimate of drug-likeness (QED) is 0.176. The maximum absolute atomic E-state index is 14.7. The smallest absolute Gasteiger partial charge is 0.264 e. The minimum Gasteiger partial charge on any atom is -0.497 e. The number of hydrogen-bond acceptors (Lipinski definition) is 6. The summed E-state index contributed by atoms with van der Waals surface area (Å²) in [5, 5.41) is 3.04. The van der Waals surface area contributed by atoms with Gasteiger partial charge in [0.15, 0.2) is 0 Å².